The van der Waals surface area contributed by atoms with Gasteiger partial charge < -0.3 is 4.74 Å². The molecular formula is C9H17NO2. The molecule has 0 N–H and O–H groups in total. The Balaban J connectivity index is 2.77. The fourth-order valence-corrected chi connectivity index (χ4v) is 1.58. The summed E-state index contributed by atoms with van der Waals surface area (Å²) in [5, 5.41) is 0. The number of carbonyl (C=O) groups excluding carboxylic acids is 1. The maximum absolute atomic E-state index is 11.3. The standard InChI is InChI=1S/C9H17NO2/c1-5-7-6-12-8(11)10(7)9(2,3)4/h7H,5-6H2,1-4H3/t7-/m1/s1. The number of carbonyl (C=O) groups is 1. The predicted molar refractivity (Wildman–Crippen MR) is 47.0 cm³/mol. The molecule has 0 saturated carbocycles. The fraction of sp³-hybridized carbons (Fsp3) is 0.889. The van der Waals surface area contributed by atoms with Crippen molar-refractivity contribution >= 4 is 6.09 Å². The van der Waals surface area contributed by atoms with Crippen LogP contribution in [0.25, 0.3) is 0 Å². The van der Waals surface area contributed by atoms with Crippen molar-refractivity contribution in [1.29, 1.82) is 0 Å². The third kappa shape index (κ3) is 1.54. The van der Waals surface area contributed by atoms with Gasteiger partial charge in [-0.25, -0.2) is 4.79 Å². The highest BCUT2D eigenvalue weighted by Crippen LogP contribution is 2.24. The Bertz CT molecular complexity index is 183. The normalized spacial score (nSPS) is 24.5. The van der Waals surface area contributed by atoms with Crippen LogP contribution in [0, 0.1) is 0 Å². The molecule has 0 bridgehead atoms. The monoisotopic (exact) mass is 171 g/mol. The second kappa shape index (κ2) is 2.96. The SMILES string of the molecule is CC[C@@H]1COC(=O)N1C(C)(C)C. The number of amides is 1. The van der Waals surface area contributed by atoms with E-state index in [0.29, 0.717) is 6.61 Å². The van der Waals surface area contributed by atoms with Crippen molar-refractivity contribution in [1.82, 2.24) is 4.90 Å². The van der Waals surface area contributed by atoms with Gasteiger partial charge in [-0.3, -0.25) is 4.90 Å². The molecule has 1 aliphatic heterocycles. The summed E-state index contributed by atoms with van der Waals surface area (Å²) in [6.07, 6.45) is 0.789. The molecule has 1 atom stereocenters. The van der Waals surface area contributed by atoms with Crippen LogP contribution in [0.5, 0.6) is 0 Å². The van der Waals surface area contributed by atoms with Gasteiger partial charge in [0.15, 0.2) is 0 Å². The first-order chi connectivity index (χ1) is 5.46. The minimum Gasteiger partial charge on any atom is -0.447 e. The molecule has 1 rings (SSSR count). The molecule has 0 aromatic heterocycles. The van der Waals surface area contributed by atoms with Gasteiger partial charge in [0.1, 0.15) is 6.61 Å². The number of ether oxygens (including phenoxy) is 1. The van der Waals surface area contributed by atoms with E-state index in [2.05, 4.69) is 6.92 Å². The zero-order valence-corrected chi connectivity index (χ0v) is 8.26. The highest BCUT2D eigenvalue weighted by Gasteiger charge is 2.38. The van der Waals surface area contributed by atoms with Crippen LogP contribution in [-0.2, 0) is 4.74 Å². The summed E-state index contributed by atoms with van der Waals surface area (Å²) in [5.41, 5.74) is -0.117. The van der Waals surface area contributed by atoms with Crippen LogP contribution in [0.1, 0.15) is 34.1 Å². The van der Waals surface area contributed by atoms with Gasteiger partial charge in [0.05, 0.1) is 6.04 Å². The summed E-state index contributed by atoms with van der Waals surface area (Å²) < 4.78 is 4.98. The molecule has 1 aliphatic rings. The van der Waals surface area contributed by atoms with E-state index < -0.39 is 0 Å². The van der Waals surface area contributed by atoms with Gasteiger partial charge in [0, 0.05) is 5.54 Å². The lowest BCUT2D eigenvalue weighted by molar-refractivity contribution is 0.121. The van der Waals surface area contributed by atoms with Crippen molar-refractivity contribution in [3.63, 3.8) is 0 Å². The largest absolute Gasteiger partial charge is 0.447 e. The molecule has 3 heteroatoms. The van der Waals surface area contributed by atoms with Gasteiger partial charge in [0.2, 0.25) is 0 Å². The molecule has 0 radical (unpaired) electrons. The van der Waals surface area contributed by atoms with Gasteiger partial charge in [-0.1, -0.05) is 6.92 Å². The third-order valence-electron chi connectivity index (χ3n) is 2.15. The molecule has 1 amide bonds. The van der Waals surface area contributed by atoms with Crippen LogP contribution in [0.3, 0.4) is 0 Å². The van der Waals surface area contributed by atoms with E-state index in [-0.39, 0.29) is 17.7 Å². The molecule has 0 aromatic rings. The van der Waals surface area contributed by atoms with Crippen LogP contribution in [0.2, 0.25) is 0 Å². The zero-order valence-electron chi connectivity index (χ0n) is 8.26. The number of cyclic esters (lactones) is 1. The number of hydrogen-bond acceptors (Lipinski definition) is 2. The lowest BCUT2D eigenvalue weighted by Crippen LogP contribution is -2.46. The van der Waals surface area contributed by atoms with Gasteiger partial charge in [-0.2, -0.15) is 0 Å². The molecule has 0 unspecified atom stereocenters. The minimum absolute atomic E-state index is 0.117. The Morgan fingerprint density at radius 1 is 1.58 bits per heavy atom. The molecule has 1 saturated heterocycles. The third-order valence-corrected chi connectivity index (χ3v) is 2.15. The zero-order chi connectivity index (χ0) is 9.35. The maximum atomic E-state index is 11.3. The average Bonchev–Trinajstić information content (AvgIpc) is 2.29. The summed E-state index contributed by atoms with van der Waals surface area (Å²) >= 11 is 0. The van der Waals surface area contributed by atoms with Gasteiger partial charge in [-0.15, -0.1) is 0 Å². The van der Waals surface area contributed by atoms with Gasteiger partial charge in [-0.05, 0) is 27.2 Å². The summed E-state index contributed by atoms with van der Waals surface area (Å²) in [5.74, 6) is 0. The molecular weight excluding hydrogens is 154 g/mol. The Morgan fingerprint density at radius 2 is 2.17 bits per heavy atom. The van der Waals surface area contributed by atoms with E-state index in [9.17, 15) is 4.79 Å². The lowest BCUT2D eigenvalue weighted by atomic mass is 10.0. The Labute approximate surface area is 73.7 Å². The topological polar surface area (TPSA) is 29.5 Å². The van der Waals surface area contributed by atoms with E-state index in [4.69, 9.17) is 4.74 Å². The molecule has 70 valence electrons. The van der Waals surface area contributed by atoms with E-state index in [1.54, 1.807) is 0 Å². The molecule has 0 aromatic carbocycles. The highest BCUT2D eigenvalue weighted by atomic mass is 16.6. The van der Waals surface area contributed by atoms with Crippen molar-refractivity contribution in [2.24, 2.45) is 0 Å². The highest BCUT2D eigenvalue weighted by molar-refractivity contribution is 5.71. The Morgan fingerprint density at radius 3 is 2.50 bits per heavy atom. The minimum atomic E-state index is -0.172. The lowest BCUT2D eigenvalue weighted by Gasteiger charge is -2.33. The molecule has 0 spiro atoms. The van der Waals surface area contributed by atoms with Crippen molar-refractivity contribution in [3.05, 3.63) is 0 Å². The first kappa shape index (κ1) is 9.36. The summed E-state index contributed by atoms with van der Waals surface area (Å²) in [4.78, 5) is 13.1. The second-order valence-corrected chi connectivity index (χ2v) is 4.18. The molecule has 1 heterocycles. The average molecular weight is 171 g/mol. The first-order valence-corrected chi connectivity index (χ1v) is 4.43. The first-order valence-electron chi connectivity index (χ1n) is 4.43. The van der Waals surface area contributed by atoms with E-state index in [1.807, 2.05) is 25.7 Å². The molecule has 12 heavy (non-hydrogen) atoms. The number of hydrogen-bond donors (Lipinski definition) is 0. The fourth-order valence-electron chi connectivity index (χ4n) is 1.58. The van der Waals surface area contributed by atoms with Gasteiger partial charge in [0.25, 0.3) is 0 Å². The van der Waals surface area contributed by atoms with Crippen LogP contribution >= 0.6 is 0 Å². The predicted octanol–water partition coefficient (Wildman–Crippen LogP) is 2.02. The van der Waals surface area contributed by atoms with E-state index in [0.717, 1.165) is 6.42 Å². The van der Waals surface area contributed by atoms with Crippen molar-refractivity contribution in [2.45, 2.75) is 45.7 Å². The number of nitrogens with zero attached hydrogens (tertiary/aromatic N) is 1. The smallest absolute Gasteiger partial charge is 0.410 e. The summed E-state index contributed by atoms with van der Waals surface area (Å²) in [7, 11) is 0. The van der Waals surface area contributed by atoms with Crippen LogP contribution in [0.4, 0.5) is 4.79 Å². The molecule has 0 aliphatic carbocycles. The Kier molecular flexibility index (Phi) is 2.31. The molecule has 3 nitrogen and oxygen atoms in total. The van der Waals surface area contributed by atoms with Crippen LogP contribution in [0.15, 0.2) is 0 Å². The number of rotatable bonds is 1. The quantitative estimate of drug-likeness (QED) is 0.604. The van der Waals surface area contributed by atoms with Crippen LogP contribution < -0.4 is 0 Å². The Hall–Kier alpha value is -0.730. The summed E-state index contributed by atoms with van der Waals surface area (Å²) in [6, 6.07) is 0.262. The van der Waals surface area contributed by atoms with E-state index in [1.165, 1.54) is 0 Å². The maximum Gasteiger partial charge on any atom is 0.410 e. The summed E-state index contributed by atoms with van der Waals surface area (Å²) in [6.45, 7) is 8.71. The van der Waals surface area contributed by atoms with Crippen molar-refractivity contribution < 1.29 is 9.53 Å². The second-order valence-electron chi connectivity index (χ2n) is 4.18. The van der Waals surface area contributed by atoms with Crippen LogP contribution in [-0.4, -0.2) is 29.2 Å². The van der Waals surface area contributed by atoms with E-state index >= 15 is 0 Å². The molecule has 1 fully saturated rings. The van der Waals surface area contributed by atoms with Crippen molar-refractivity contribution in [3.8, 4) is 0 Å². The van der Waals surface area contributed by atoms with Gasteiger partial charge >= 0.3 is 6.09 Å². The van der Waals surface area contributed by atoms with Crippen molar-refractivity contribution in [2.75, 3.05) is 6.61 Å².